The number of nitrogens with one attached hydrogen (secondary N) is 2. The Morgan fingerprint density at radius 1 is 1.23 bits per heavy atom. The number of nitrogens with zero attached hydrogens (tertiary/aromatic N) is 2. The van der Waals surface area contributed by atoms with Gasteiger partial charge in [-0.25, -0.2) is 4.68 Å². The Kier molecular flexibility index (Phi) is 7.57. The third-order valence-electron chi connectivity index (χ3n) is 7.61. The first-order chi connectivity index (χ1) is 16.6. The molecule has 1 aromatic rings. The zero-order chi connectivity index (χ0) is 25.3. The van der Waals surface area contributed by atoms with E-state index in [0.29, 0.717) is 35.1 Å². The smallest absolute Gasteiger partial charge is 0.258 e. The number of aromatic nitrogens is 2. The molecule has 2 amide bonds. The van der Waals surface area contributed by atoms with Crippen molar-refractivity contribution in [2.24, 2.45) is 23.7 Å². The number of carbonyl (C=O) groups is 2. The highest BCUT2D eigenvalue weighted by atomic mass is 16.5. The summed E-state index contributed by atoms with van der Waals surface area (Å²) in [7, 11) is 1.47. The molecule has 0 radical (unpaired) electrons. The van der Waals surface area contributed by atoms with Gasteiger partial charge in [0.15, 0.2) is 0 Å². The molecule has 5 unspecified atom stereocenters. The molecule has 3 saturated carbocycles. The molecule has 3 aliphatic carbocycles. The molecule has 0 spiro atoms. The molecular formula is C26H40N4O5. The molecular weight excluding hydrogens is 448 g/mol. The van der Waals surface area contributed by atoms with E-state index in [2.05, 4.69) is 15.7 Å². The number of aliphatic hydroxyl groups is 1. The molecule has 3 fully saturated rings. The van der Waals surface area contributed by atoms with Gasteiger partial charge in [-0.3, -0.25) is 9.59 Å². The van der Waals surface area contributed by atoms with Gasteiger partial charge in [0.1, 0.15) is 12.2 Å². The van der Waals surface area contributed by atoms with Gasteiger partial charge in [-0.1, -0.05) is 0 Å². The van der Waals surface area contributed by atoms with Crippen LogP contribution in [0.2, 0.25) is 0 Å². The number of ether oxygens (including phenoxy) is 2. The van der Waals surface area contributed by atoms with Gasteiger partial charge in [0.05, 0.1) is 23.9 Å². The molecule has 9 heteroatoms. The quantitative estimate of drug-likeness (QED) is 0.492. The maximum Gasteiger partial charge on any atom is 0.258 e. The van der Waals surface area contributed by atoms with Crippen LogP contribution >= 0.6 is 0 Å². The fourth-order valence-corrected chi connectivity index (χ4v) is 6.38. The van der Waals surface area contributed by atoms with Crippen LogP contribution in [0, 0.1) is 23.7 Å². The molecule has 3 bridgehead atoms. The molecule has 0 saturated heterocycles. The molecule has 0 aromatic carbocycles. The first kappa shape index (κ1) is 25.7. The molecule has 1 heterocycles. The van der Waals surface area contributed by atoms with Gasteiger partial charge < -0.3 is 25.2 Å². The van der Waals surface area contributed by atoms with Crippen LogP contribution in [0.1, 0.15) is 70.2 Å². The Balaban J connectivity index is 1.52. The molecule has 4 rings (SSSR count). The van der Waals surface area contributed by atoms with Crippen LogP contribution in [0.5, 0.6) is 5.88 Å². The number of hydrogen-bond acceptors (Lipinski definition) is 6. The third-order valence-corrected chi connectivity index (χ3v) is 7.61. The summed E-state index contributed by atoms with van der Waals surface area (Å²) in [5, 5.41) is 21.0. The molecule has 1 aromatic heterocycles. The molecule has 35 heavy (non-hydrogen) atoms. The molecule has 6 atom stereocenters. The fraction of sp³-hybridized carbons (Fsp3) is 0.731. The molecule has 0 aliphatic heterocycles. The summed E-state index contributed by atoms with van der Waals surface area (Å²) in [5.41, 5.74) is -0.266. The highest BCUT2D eigenvalue weighted by Gasteiger charge is 2.51. The second kappa shape index (κ2) is 10.3. The van der Waals surface area contributed by atoms with Crippen LogP contribution < -0.4 is 15.4 Å². The minimum absolute atomic E-state index is 0.0210. The Bertz CT molecular complexity index is 956. The van der Waals surface area contributed by atoms with Crippen LogP contribution in [-0.4, -0.2) is 64.2 Å². The standard InChI is InChI=1S/C26H40N4O5/c1-15(2)35-25-21(13-27-30(25)7-6-26(3,4)29-22(32)14-34-5)24(33)28-23-18-9-16-8-17(11-18)20(23)12-19(31)10-16/h6-7,13,15-20,23,31H,8-12,14H2,1-5H3,(H,28,33)(H,29,32)/b7-6+/t16?,17?,18?,19?,20?,23-/m1/s1. The Morgan fingerprint density at radius 2 is 1.97 bits per heavy atom. The number of fused-ring (bicyclic) bond motifs is 2. The Morgan fingerprint density at radius 3 is 2.69 bits per heavy atom. The minimum atomic E-state index is -0.654. The monoisotopic (exact) mass is 488 g/mol. The molecule has 3 N–H and O–H groups in total. The number of methoxy groups -OCH3 is 1. The van der Waals surface area contributed by atoms with E-state index < -0.39 is 5.54 Å². The van der Waals surface area contributed by atoms with Crippen LogP contribution in [-0.2, 0) is 9.53 Å². The Labute approximate surface area is 207 Å². The van der Waals surface area contributed by atoms with E-state index in [1.54, 1.807) is 12.3 Å². The summed E-state index contributed by atoms with van der Waals surface area (Å²) in [6.07, 6.45) is 9.67. The average Bonchev–Trinajstić information content (AvgIpc) is 3.21. The van der Waals surface area contributed by atoms with Crippen LogP contribution in [0.3, 0.4) is 0 Å². The predicted molar refractivity (Wildman–Crippen MR) is 132 cm³/mol. The van der Waals surface area contributed by atoms with E-state index in [0.717, 1.165) is 25.7 Å². The number of amides is 2. The summed E-state index contributed by atoms with van der Waals surface area (Å²) >= 11 is 0. The normalized spacial score (nSPS) is 30.0. The largest absolute Gasteiger partial charge is 0.474 e. The fourth-order valence-electron chi connectivity index (χ4n) is 6.38. The van der Waals surface area contributed by atoms with E-state index in [1.165, 1.54) is 24.4 Å². The molecule has 9 nitrogen and oxygen atoms in total. The van der Waals surface area contributed by atoms with Gasteiger partial charge in [-0.2, -0.15) is 5.10 Å². The minimum Gasteiger partial charge on any atom is -0.474 e. The topological polar surface area (TPSA) is 115 Å². The van der Waals surface area contributed by atoms with E-state index in [1.807, 2.05) is 27.7 Å². The van der Waals surface area contributed by atoms with Crippen molar-refractivity contribution in [1.82, 2.24) is 20.4 Å². The summed E-state index contributed by atoms with van der Waals surface area (Å²) < 4.78 is 12.4. The van der Waals surface area contributed by atoms with Crippen molar-refractivity contribution in [2.45, 2.75) is 83.6 Å². The van der Waals surface area contributed by atoms with E-state index in [9.17, 15) is 14.7 Å². The second-order valence-electron chi connectivity index (χ2n) is 11.4. The lowest BCUT2D eigenvalue weighted by Gasteiger charge is -2.31. The predicted octanol–water partition coefficient (Wildman–Crippen LogP) is 2.60. The van der Waals surface area contributed by atoms with Crippen molar-refractivity contribution in [3.05, 3.63) is 17.8 Å². The maximum absolute atomic E-state index is 13.5. The van der Waals surface area contributed by atoms with Crippen molar-refractivity contribution in [3.8, 4) is 5.88 Å². The van der Waals surface area contributed by atoms with Crippen molar-refractivity contribution >= 4 is 18.0 Å². The number of rotatable bonds is 9. The van der Waals surface area contributed by atoms with Crippen molar-refractivity contribution in [2.75, 3.05) is 13.7 Å². The molecule has 3 aliphatic rings. The van der Waals surface area contributed by atoms with E-state index in [-0.39, 0.29) is 36.7 Å². The lowest BCUT2D eigenvalue weighted by atomic mass is 9.79. The van der Waals surface area contributed by atoms with Gasteiger partial charge in [0.2, 0.25) is 11.8 Å². The summed E-state index contributed by atoms with van der Waals surface area (Å²) in [6.45, 7) is 7.51. The average molecular weight is 489 g/mol. The van der Waals surface area contributed by atoms with Gasteiger partial charge in [-0.05, 0) is 89.5 Å². The zero-order valence-electron chi connectivity index (χ0n) is 21.5. The first-order valence-electron chi connectivity index (χ1n) is 12.8. The SMILES string of the molecule is COCC(=O)NC(C)(C)/C=C/n1ncc(C(=O)N[C@@H]2C3CC4CC(O)CC2C(C4)C3)c1OC(C)C. The van der Waals surface area contributed by atoms with E-state index >= 15 is 0 Å². The summed E-state index contributed by atoms with van der Waals surface area (Å²) in [5.74, 6) is 1.92. The third kappa shape index (κ3) is 5.89. The van der Waals surface area contributed by atoms with Crippen molar-refractivity contribution in [3.63, 3.8) is 0 Å². The van der Waals surface area contributed by atoms with Crippen molar-refractivity contribution < 1.29 is 24.2 Å². The van der Waals surface area contributed by atoms with Gasteiger partial charge in [-0.15, -0.1) is 0 Å². The molecule has 194 valence electrons. The van der Waals surface area contributed by atoms with Crippen molar-refractivity contribution in [1.29, 1.82) is 0 Å². The Hall–Kier alpha value is -2.39. The summed E-state index contributed by atoms with van der Waals surface area (Å²) in [4.78, 5) is 25.4. The lowest BCUT2D eigenvalue weighted by Crippen LogP contribution is -2.43. The number of carbonyl (C=O) groups excluding carboxylic acids is 2. The van der Waals surface area contributed by atoms with E-state index in [4.69, 9.17) is 9.47 Å². The number of aliphatic hydroxyl groups excluding tert-OH is 1. The van der Waals surface area contributed by atoms with Gasteiger partial charge in [0, 0.05) is 19.4 Å². The van der Waals surface area contributed by atoms with Crippen LogP contribution in [0.25, 0.3) is 6.20 Å². The zero-order valence-corrected chi connectivity index (χ0v) is 21.5. The highest BCUT2D eigenvalue weighted by molar-refractivity contribution is 5.96. The number of hydrogen-bond donors (Lipinski definition) is 3. The summed E-state index contributed by atoms with van der Waals surface area (Å²) in [6, 6.07) is 0.0770. The second-order valence-corrected chi connectivity index (χ2v) is 11.4. The first-order valence-corrected chi connectivity index (χ1v) is 12.8. The van der Waals surface area contributed by atoms with Gasteiger partial charge in [0.25, 0.3) is 5.91 Å². The van der Waals surface area contributed by atoms with Crippen LogP contribution in [0.15, 0.2) is 12.3 Å². The lowest BCUT2D eigenvalue weighted by molar-refractivity contribution is -0.125. The van der Waals surface area contributed by atoms with Crippen LogP contribution in [0.4, 0.5) is 0 Å². The van der Waals surface area contributed by atoms with Gasteiger partial charge >= 0.3 is 0 Å². The highest BCUT2D eigenvalue weighted by Crippen LogP contribution is 2.53. The maximum atomic E-state index is 13.5.